The Morgan fingerprint density at radius 3 is 2.15 bits per heavy atom. The van der Waals surface area contributed by atoms with Gasteiger partial charge < -0.3 is 35.4 Å². The van der Waals surface area contributed by atoms with Gasteiger partial charge in [0.05, 0.1) is 0 Å². The second-order valence-corrected chi connectivity index (χ2v) is 14.7. The van der Waals surface area contributed by atoms with Crippen LogP contribution in [0.3, 0.4) is 0 Å². The maximum Gasteiger partial charge on any atom is 0.328 e. The number of nitrogens with one attached hydrogen (secondary N) is 3. The number of fused-ring (bicyclic) bond motifs is 2. The molecule has 53 heavy (non-hydrogen) atoms. The molecule has 5 rings (SSSR count). The first-order valence-corrected chi connectivity index (χ1v) is 18.6. The van der Waals surface area contributed by atoms with Gasteiger partial charge in [0.15, 0.2) is 0 Å². The summed E-state index contributed by atoms with van der Waals surface area (Å²) in [5.74, 6) is -5.89. The average molecular weight is 745 g/mol. The predicted octanol–water partition coefficient (Wildman–Crippen LogP) is 1.34. The van der Waals surface area contributed by atoms with Crippen molar-refractivity contribution in [1.82, 2.24) is 30.7 Å². The SMILES string of the molecule is C[C@@H]1NC(=O)[C@H](C)N(C)C(=O)[C@@H]2CCCN2C(=O)[C@@H](NC(=O)[C@H](Cc2cc(F)cc(F)c2)NC(=O)CCC2CCCC2)COC(=O)[C@@H]2CCCN2C1=O. The van der Waals surface area contributed by atoms with Gasteiger partial charge in [-0.05, 0) is 69.6 Å². The fourth-order valence-electron chi connectivity index (χ4n) is 7.79. The monoisotopic (exact) mass is 744 g/mol. The molecule has 1 aliphatic carbocycles. The Morgan fingerprint density at radius 2 is 1.49 bits per heavy atom. The number of carbonyl (C=O) groups excluding carboxylic acids is 7. The lowest BCUT2D eigenvalue weighted by Gasteiger charge is -2.34. The molecule has 0 aromatic heterocycles. The van der Waals surface area contributed by atoms with E-state index in [-0.39, 0.29) is 44.3 Å². The van der Waals surface area contributed by atoms with Crippen molar-refractivity contribution in [2.75, 3.05) is 26.7 Å². The number of rotatable bonds is 8. The maximum atomic E-state index is 14.2. The van der Waals surface area contributed by atoms with Crippen LogP contribution in [0.4, 0.5) is 8.78 Å². The summed E-state index contributed by atoms with van der Waals surface area (Å²) in [6.07, 6.45) is 6.08. The van der Waals surface area contributed by atoms with E-state index in [4.69, 9.17) is 4.74 Å². The van der Waals surface area contributed by atoms with Gasteiger partial charge in [0.25, 0.3) is 0 Å². The van der Waals surface area contributed by atoms with Crippen molar-refractivity contribution in [2.24, 2.45) is 5.92 Å². The number of halogens is 2. The molecule has 0 radical (unpaired) electrons. The summed E-state index contributed by atoms with van der Waals surface area (Å²) in [6, 6.07) is -4.17. The second kappa shape index (κ2) is 17.5. The molecule has 0 bridgehead atoms. The van der Waals surface area contributed by atoms with Gasteiger partial charge in [-0.15, -0.1) is 0 Å². The topological polar surface area (TPSA) is 175 Å². The number of nitrogens with zero attached hydrogens (tertiary/aromatic N) is 3. The normalized spacial score (nSPS) is 26.9. The summed E-state index contributed by atoms with van der Waals surface area (Å²) in [5.41, 5.74) is 0.0844. The van der Waals surface area contributed by atoms with Gasteiger partial charge in [0.1, 0.15) is 54.5 Å². The number of benzene rings is 1. The van der Waals surface area contributed by atoms with Crippen LogP contribution >= 0.6 is 0 Å². The van der Waals surface area contributed by atoms with E-state index in [0.29, 0.717) is 31.2 Å². The lowest BCUT2D eigenvalue weighted by molar-refractivity contribution is -0.158. The maximum absolute atomic E-state index is 14.2. The first kappa shape index (κ1) is 39.6. The van der Waals surface area contributed by atoms with Gasteiger partial charge in [0, 0.05) is 39.0 Å². The van der Waals surface area contributed by atoms with Crippen molar-refractivity contribution in [3.8, 4) is 0 Å². The lowest BCUT2D eigenvalue weighted by Crippen LogP contribution is -2.60. The van der Waals surface area contributed by atoms with Crippen LogP contribution in [0.1, 0.15) is 83.6 Å². The van der Waals surface area contributed by atoms with Crippen LogP contribution < -0.4 is 16.0 Å². The van der Waals surface area contributed by atoms with Crippen LogP contribution in [0.25, 0.3) is 0 Å². The smallest absolute Gasteiger partial charge is 0.328 e. The minimum absolute atomic E-state index is 0.0844. The van der Waals surface area contributed by atoms with Crippen molar-refractivity contribution in [1.29, 1.82) is 0 Å². The molecule has 3 saturated heterocycles. The molecule has 3 aliphatic heterocycles. The van der Waals surface area contributed by atoms with Gasteiger partial charge >= 0.3 is 5.97 Å². The highest BCUT2D eigenvalue weighted by atomic mass is 19.1. The lowest BCUT2D eigenvalue weighted by atomic mass is 10.0. The summed E-state index contributed by atoms with van der Waals surface area (Å²) >= 11 is 0. The number of likely N-dealkylation sites (N-methyl/N-ethyl adjacent to an activating group) is 1. The van der Waals surface area contributed by atoms with Crippen molar-refractivity contribution in [2.45, 2.75) is 121 Å². The quantitative estimate of drug-likeness (QED) is 0.335. The molecule has 6 amide bonds. The number of hydrogen-bond acceptors (Lipinski definition) is 8. The summed E-state index contributed by atoms with van der Waals surface area (Å²) in [4.78, 5) is 98.9. The molecule has 0 spiro atoms. The van der Waals surface area contributed by atoms with Crippen molar-refractivity contribution >= 4 is 41.4 Å². The summed E-state index contributed by atoms with van der Waals surface area (Å²) in [5, 5.41) is 7.90. The Hall–Kier alpha value is -4.63. The standard InChI is InChI=1S/C37H50F2N6O8/c1-21-34(49)45-15-7-11-30(45)37(52)53-20-28(35(50)44-14-6-10-29(44)36(51)43(3)22(2)32(47)40-21)42-33(48)27(18-24-16-25(38)19-26(39)17-24)41-31(46)13-12-23-8-4-5-9-23/h16-17,19,21-23,27-30H,4-15,18,20H2,1-3H3,(H,40,47)(H,41,46)(H,42,48)/t21-,22-,27-,28-,29-,30-/m0/s1. The fraction of sp³-hybridized carbons (Fsp3) is 0.649. The molecule has 16 heteroatoms. The van der Waals surface area contributed by atoms with E-state index in [0.717, 1.165) is 37.8 Å². The third-order valence-electron chi connectivity index (χ3n) is 10.9. The molecular formula is C37H50F2N6O8. The van der Waals surface area contributed by atoms with E-state index in [1.807, 2.05) is 0 Å². The van der Waals surface area contributed by atoms with E-state index in [2.05, 4.69) is 16.0 Å². The number of cyclic esters (lactones) is 1. The molecule has 14 nitrogen and oxygen atoms in total. The number of esters is 1. The van der Waals surface area contributed by atoms with E-state index in [1.165, 1.54) is 35.6 Å². The average Bonchev–Trinajstić information content (AvgIpc) is 3.92. The zero-order valence-corrected chi connectivity index (χ0v) is 30.5. The highest BCUT2D eigenvalue weighted by molar-refractivity contribution is 5.97. The van der Waals surface area contributed by atoms with Gasteiger partial charge in [-0.2, -0.15) is 0 Å². The zero-order chi connectivity index (χ0) is 38.4. The molecule has 1 aromatic carbocycles. The van der Waals surface area contributed by atoms with Crippen molar-refractivity contribution < 1.29 is 47.1 Å². The summed E-state index contributed by atoms with van der Waals surface area (Å²) in [6.45, 7) is 2.69. The Labute approximate surface area is 307 Å². The van der Waals surface area contributed by atoms with Gasteiger partial charge in [0.2, 0.25) is 35.4 Å². The Bertz CT molecular complexity index is 1570. The van der Waals surface area contributed by atoms with E-state index < -0.39 is 95.9 Å². The highest BCUT2D eigenvalue weighted by Gasteiger charge is 2.43. The zero-order valence-electron chi connectivity index (χ0n) is 30.5. The Morgan fingerprint density at radius 1 is 0.868 bits per heavy atom. The Kier molecular flexibility index (Phi) is 13.0. The molecule has 4 aliphatic rings. The third kappa shape index (κ3) is 9.68. The molecule has 3 N–H and O–H groups in total. The minimum atomic E-state index is -1.54. The molecule has 1 saturated carbocycles. The number of amides is 6. The largest absolute Gasteiger partial charge is 0.461 e. The van der Waals surface area contributed by atoms with Gasteiger partial charge in [-0.3, -0.25) is 28.8 Å². The highest BCUT2D eigenvalue weighted by Crippen LogP contribution is 2.28. The summed E-state index contributed by atoms with van der Waals surface area (Å²) < 4.78 is 34.0. The van der Waals surface area contributed by atoms with Crippen LogP contribution in [0.2, 0.25) is 0 Å². The number of hydrogen-bond donors (Lipinski definition) is 3. The molecule has 6 atom stereocenters. The first-order chi connectivity index (χ1) is 25.2. The number of ether oxygens (including phenoxy) is 1. The van der Waals surface area contributed by atoms with Crippen molar-refractivity contribution in [3.63, 3.8) is 0 Å². The molecule has 4 fully saturated rings. The van der Waals surface area contributed by atoms with Crippen LogP contribution in [-0.4, -0.2) is 119 Å². The van der Waals surface area contributed by atoms with Gasteiger partial charge in [-0.25, -0.2) is 13.6 Å². The Balaban J connectivity index is 1.42. The van der Waals surface area contributed by atoms with E-state index in [9.17, 15) is 42.3 Å². The molecule has 1 aromatic rings. The fourth-order valence-corrected chi connectivity index (χ4v) is 7.79. The number of carbonyl (C=O) groups is 7. The van der Waals surface area contributed by atoms with Crippen LogP contribution in [-0.2, 0) is 44.7 Å². The molecular weight excluding hydrogens is 694 g/mol. The molecule has 0 unspecified atom stereocenters. The summed E-state index contributed by atoms with van der Waals surface area (Å²) in [7, 11) is 1.43. The van der Waals surface area contributed by atoms with E-state index in [1.54, 1.807) is 0 Å². The first-order valence-electron chi connectivity index (χ1n) is 18.6. The molecule has 290 valence electrons. The third-order valence-corrected chi connectivity index (χ3v) is 10.9. The second-order valence-electron chi connectivity index (χ2n) is 14.7. The molecule has 3 heterocycles. The predicted molar refractivity (Wildman–Crippen MR) is 185 cm³/mol. The van der Waals surface area contributed by atoms with Crippen LogP contribution in [0.15, 0.2) is 18.2 Å². The van der Waals surface area contributed by atoms with E-state index >= 15 is 0 Å². The van der Waals surface area contributed by atoms with Gasteiger partial charge in [-0.1, -0.05) is 25.7 Å². The van der Waals surface area contributed by atoms with Crippen LogP contribution in [0, 0.1) is 17.6 Å². The minimum Gasteiger partial charge on any atom is -0.461 e. The van der Waals surface area contributed by atoms with Crippen LogP contribution in [0.5, 0.6) is 0 Å². The van der Waals surface area contributed by atoms with Crippen molar-refractivity contribution in [3.05, 3.63) is 35.4 Å².